The summed E-state index contributed by atoms with van der Waals surface area (Å²) in [5.74, 6) is -0.441. The fourth-order valence-corrected chi connectivity index (χ4v) is 7.22. The Balaban J connectivity index is 1.64. The van der Waals surface area contributed by atoms with Gasteiger partial charge < -0.3 is 9.64 Å². The van der Waals surface area contributed by atoms with Crippen LogP contribution in [-0.4, -0.2) is 51.3 Å². The fraction of sp³-hybridized carbons (Fsp3) is 0.591. The minimum absolute atomic E-state index is 0.0450. The lowest BCUT2D eigenvalue weighted by atomic mass is 9.98. The summed E-state index contributed by atoms with van der Waals surface area (Å²) in [4.78, 5) is 14.8. The van der Waals surface area contributed by atoms with Gasteiger partial charge in [0.25, 0.3) is 0 Å². The summed E-state index contributed by atoms with van der Waals surface area (Å²) in [7, 11) is 0.576. The Morgan fingerprint density at radius 1 is 1.24 bits per heavy atom. The van der Waals surface area contributed by atoms with Crippen molar-refractivity contribution >= 4 is 27.4 Å². The minimum Gasteiger partial charge on any atom is -0.459 e. The number of ether oxygens (including phenoxy) is 1. The Morgan fingerprint density at radius 2 is 1.93 bits per heavy atom. The van der Waals surface area contributed by atoms with E-state index in [0.717, 1.165) is 37.8 Å². The molecule has 0 radical (unpaired) electrons. The molecular weight excluding hydrogens is 410 g/mol. The highest BCUT2D eigenvalue weighted by Crippen LogP contribution is 2.51. The first-order valence-electron chi connectivity index (χ1n) is 10.2. The van der Waals surface area contributed by atoms with E-state index in [-0.39, 0.29) is 23.9 Å². The predicted molar refractivity (Wildman–Crippen MR) is 115 cm³/mol. The third kappa shape index (κ3) is 5.22. The van der Waals surface area contributed by atoms with E-state index < -0.39 is 15.1 Å². The third-order valence-electron chi connectivity index (χ3n) is 6.08. The number of rotatable bonds is 8. The summed E-state index contributed by atoms with van der Waals surface area (Å²) in [6.07, 6.45) is 5.35. The molecule has 0 saturated heterocycles. The van der Waals surface area contributed by atoms with Crippen molar-refractivity contribution < 1.29 is 17.9 Å². The maximum absolute atomic E-state index is 13.2. The van der Waals surface area contributed by atoms with Crippen molar-refractivity contribution in [3.8, 4) is 0 Å². The van der Waals surface area contributed by atoms with Crippen LogP contribution in [0.2, 0.25) is 5.02 Å². The maximum atomic E-state index is 13.2. The zero-order chi connectivity index (χ0) is 21.2. The first-order chi connectivity index (χ1) is 13.7. The van der Waals surface area contributed by atoms with Gasteiger partial charge in [0.05, 0.1) is 10.1 Å². The molecule has 1 aromatic rings. The predicted octanol–water partition coefficient (Wildman–Crippen LogP) is 4.11. The van der Waals surface area contributed by atoms with E-state index in [4.69, 9.17) is 16.3 Å². The topological polar surface area (TPSA) is 63.7 Å². The molecule has 29 heavy (non-hydrogen) atoms. The Bertz CT molecular complexity index is 863. The average Bonchev–Trinajstić information content (AvgIpc) is 3.20. The van der Waals surface area contributed by atoms with Crippen LogP contribution in [0.4, 0.5) is 0 Å². The lowest BCUT2D eigenvalue weighted by molar-refractivity contribution is -0.145. The molecule has 3 unspecified atom stereocenters. The number of esters is 1. The molecule has 3 rings (SSSR count). The molecule has 5 nitrogen and oxygen atoms in total. The van der Waals surface area contributed by atoms with E-state index in [0.29, 0.717) is 16.3 Å². The van der Waals surface area contributed by atoms with Crippen molar-refractivity contribution in [3.05, 3.63) is 40.9 Å². The van der Waals surface area contributed by atoms with Crippen LogP contribution in [-0.2, 0) is 19.4 Å². The minimum atomic E-state index is -3.47. The van der Waals surface area contributed by atoms with Crippen molar-refractivity contribution in [1.29, 1.82) is 0 Å². The van der Waals surface area contributed by atoms with Gasteiger partial charge in [0.1, 0.15) is 6.10 Å². The second-order valence-electron chi connectivity index (χ2n) is 8.57. The molecule has 7 heteroatoms. The number of carbonyl (C=O) groups excluding carboxylic acids is 1. The van der Waals surface area contributed by atoms with Crippen molar-refractivity contribution in [3.63, 3.8) is 0 Å². The highest BCUT2D eigenvalue weighted by Gasteiger charge is 2.55. The number of nitrogens with zero attached hydrogens (tertiary/aromatic N) is 1. The summed E-state index contributed by atoms with van der Waals surface area (Å²) in [6, 6.07) is 6.34. The second kappa shape index (κ2) is 9.19. The standard InChI is InChI=1S/C22H30ClNO4S/c1-15(5-4-12-24(2)3)13-21(25)28-20-14-16-6-11-19(20)22(16)29(26,27)18-9-7-17(23)8-10-18/h7-10,13,16,19-20,22H,4-6,11-12,14H2,1-3H3/b15-13-/t16-,19?,20?,22?/m1/s1. The highest BCUT2D eigenvalue weighted by atomic mass is 35.5. The number of sulfone groups is 1. The maximum Gasteiger partial charge on any atom is 0.330 e. The molecule has 160 valence electrons. The van der Waals surface area contributed by atoms with Crippen LogP contribution in [0, 0.1) is 11.8 Å². The van der Waals surface area contributed by atoms with Crippen LogP contribution < -0.4 is 0 Å². The van der Waals surface area contributed by atoms with Crippen LogP contribution in [0.1, 0.15) is 39.0 Å². The van der Waals surface area contributed by atoms with Crippen LogP contribution in [0.25, 0.3) is 0 Å². The summed E-state index contributed by atoms with van der Waals surface area (Å²) in [5, 5.41) is 0.0320. The van der Waals surface area contributed by atoms with Gasteiger partial charge in [-0.25, -0.2) is 13.2 Å². The zero-order valence-corrected chi connectivity index (χ0v) is 18.9. The lowest BCUT2D eigenvalue weighted by Gasteiger charge is -2.22. The van der Waals surface area contributed by atoms with E-state index >= 15 is 0 Å². The molecule has 1 aromatic carbocycles. The zero-order valence-electron chi connectivity index (χ0n) is 17.3. The number of halogens is 1. The number of hydrogen-bond donors (Lipinski definition) is 0. The number of fused-ring (bicyclic) bond motifs is 2. The molecule has 0 heterocycles. The molecule has 2 bridgehead atoms. The Labute approximate surface area is 179 Å². The van der Waals surface area contributed by atoms with Crippen LogP contribution in [0.3, 0.4) is 0 Å². The smallest absolute Gasteiger partial charge is 0.330 e. The molecule has 2 aliphatic rings. The first-order valence-corrected chi connectivity index (χ1v) is 12.1. The van der Waals surface area contributed by atoms with Gasteiger partial charge in [-0.05, 0) is 89.9 Å². The van der Waals surface area contributed by atoms with Gasteiger partial charge >= 0.3 is 5.97 Å². The highest BCUT2D eigenvalue weighted by molar-refractivity contribution is 7.92. The van der Waals surface area contributed by atoms with Crippen molar-refractivity contribution in [1.82, 2.24) is 4.90 Å². The van der Waals surface area contributed by atoms with Crippen LogP contribution >= 0.6 is 11.6 Å². The molecule has 0 spiro atoms. The van der Waals surface area contributed by atoms with Gasteiger partial charge in [0.15, 0.2) is 9.84 Å². The Hall–Kier alpha value is -1.37. The molecule has 0 N–H and O–H groups in total. The van der Waals surface area contributed by atoms with E-state index in [1.54, 1.807) is 30.3 Å². The molecule has 0 aromatic heterocycles. The fourth-order valence-electron chi connectivity index (χ4n) is 4.74. The number of hydrogen-bond acceptors (Lipinski definition) is 5. The second-order valence-corrected chi connectivity index (χ2v) is 11.1. The lowest BCUT2D eigenvalue weighted by Crippen LogP contribution is -2.30. The molecular formula is C22H30ClNO4S. The quantitative estimate of drug-likeness (QED) is 0.450. The molecule has 4 atom stereocenters. The summed E-state index contributed by atoms with van der Waals surface area (Å²) >= 11 is 5.90. The molecule has 2 fully saturated rings. The number of benzene rings is 1. The molecule has 0 amide bonds. The van der Waals surface area contributed by atoms with Gasteiger partial charge in [0, 0.05) is 17.0 Å². The largest absolute Gasteiger partial charge is 0.459 e. The number of allylic oxidation sites excluding steroid dienone is 1. The summed E-state index contributed by atoms with van der Waals surface area (Å²) in [5.41, 5.74) is 0.991. The van der Waals surface area contributed by atoms with E-state index in [2.05, 4.69) is 4.90 Å². The van der Waals surface area contributed by atoms with Gasteiger partial charge in [0.2, 0.25) is 0 Å². The third-order valence-corrected chi connectivity index (χ3v) is 8.71. The van der Waals surface area contributed by atoms with E-state index in [1.807, 2.05) is 21.0 Å². The first kappa shape index (κ1) is 22.3. The SMILES string of the molecule is C/C(=C/C(=O)OC1C[C@H]2CCC1C2S(=O)(=O)c1ccc(Cl)cc1)CCCN(C)C. The van der Waals surface area contributed by atoms with Gasteiger partial charge in [-0.3, -0.25) is 0 Å². The van der Waals surface area contributed by atoms with Gasteiger partial charge in [-0.15, -0.1) is 0 Å². The Kier molecular flexibility index (Phi) is 7.07. The van der Waals surface area contributed by atoms with Crippen molar-refractivity contribution in [2.45, 2.75) is 55.3 Å². The monoisotopic (exact) mass is 439 g/mol. The van der Waals surface area contributed by atoms with Crippen LogP contribution in [0.5, 0.6) is 0 Å². The molecule has 2 saturated carbocycles. The van der Waals surface area contributed by atoms with Crippen LogP contribution in [0.15, 0.2) is 40.8 Å². The van der Waals surface area contributed by atoms with Crippen molar-refractivity contribution in [2.24, 2.45) is 11.8 Å². The molecule has 0 aliphatic heterocycles. The summed E-state index contributed by atoms with van der Waals surface area (Å²) < 4.78 is 32.1. The van der Waals surface area contributed by atoms with Gasteiger partial charge in [-0.2, -0.15) is 0 Å². The van der Waals surface area contributed by atoms with Gasteiger partial charge in [-0.1, -0.05) is 17.2 Å². The average molecular weight is 440 g/mol. The molecule has 2 aliphatic carbocycles. The number of carbonyl (C=O) groups is 1. The van der Waals surface area contributed by atoms with Crippen molar-refractivity contribution in [2.75, 3.05) is 20.6 Å². The van der Waals surface area contributed by atoms with E-state index in [9.17, 15) is 13.2 Å². The normalized spacial score (nSPS) is 26.9. The summed E-state index contributed by atoms with van der Waals surface area (Å²) in [6.45, 7) is 2.91. The van der Waals surface area contributed by atoms with E-state index in [1.165, 1.54) is 0 Å². The Morgan fingerprint density at radius 3 is 2.59 bits per heavy atom.